The molecule has 0 saturated carbocycles. The first kappa shape index (κ1) is 14.5. The van der Waals surface area contributed by atoms with E-state index in [1.807, 2.05) is 64.1 Å². The molecule has 4 nitrogen and oxygen atoms in total. The lowest BCUT2D eigenvalue weighted by Gasteiger charge is -2.32. The Morgan fingerprint density at radius 1 is 1.00 bits per heavy atom. The summed E-state index contributed by atoms with van der Waals surface area (Å²) in [6.45, 7) is 8.09. The van der Waals surface area contributed by atoms with Crippen LogP contribution in [0.2, 0.25) is 0 Å². The van der Waals surface area contributed by atoms with Crippen molar-refractivity contribution in [3.8, 4) is 0 Å². The zero-order valence-electron chi connectivity index (χ0n) is 13.0. The zero-order chi connectivity index (χ0) is 15.3. The van der Waals surface area contributed by atoms with Crippen LogP contribution in [0.5, 0.6) is 0 Å². The van der Waals surface area contributed by atoms with Crippen LogP contribution < -0.4 is 5.73 Å². The van der Waals surface area contributed by atoms with Gasteiger partial charge in [-0.3, -0.25) is 4.98 Å². The molecular weight excluding hydrogens is 263 g/mol. The summed E-state index contributed by atoms with van der Waals surface area (Å²) in [7, 11) is -0.483. The molecule has 3 rings (SSSR count). The maximum atomic E-state index is 6.32. The second kappa shape index (κ2) is 4.80. The van der Waals surface area contributed by atoms with E-state index in [1.165, 1.54) is 0 Å². The topological polar surface area (TPSA) is 57.4 Å². The van der Waals surface area contributed by atoms with Crippen LogP contribution >= 0.6 is 0 Å². The molecule has 2 heterocycles. The standard InChI is InChI=1S/C16H21BN2O2/c1-15(2)16(3,4)21-17(20-15)14(18)13-10-9-11-7-5-6-8-12(11)19-13/h5-10,14H,18H2,1-4H3/t14-/m0/s1. The number of pyridine rings is 1. The van der Waals surface area contributed by atoms with Crippen LogP contribution in [0.15, 0.2) is 36.4 Å². The number of benzene rings is 1. The molecule has 1 fully saturated rings. The van der Waals surface area contributed by atoms with E-state index in [-0.39, 0.29) is 11.2 Å². The molecule has 1 aliphatic rings. The first-order valence-corrected chi connectivity index (χ1v) is 7.27. The highest BCUT2D eigenvalue weighted by molar-refractivity contribution is 6.47. The molecule has 0 amide bonds. The van der Waals surface area contributed by atoms with Gasteiger partial charge in [0, 0.05) is 5.39 Å². The van der Waals surface area contributed by atoms with E-state index in [0.717, 1.165) is 16.6 Å². The van der Waals surface area contributed by atoms with Crippen LogP contribution in [0.4, 0.5) is 0 Å². The summed E-state index contributed by atoms with van der Waals surface area (Å²) in [5, 5.41) is 1.10. The van der Waals surface area contributed by atoms with Gasteiger partial charge in [0.15, 0.2) is 0 Å². The average molecular weight is 284 g/mol. The number of fused-ring (bicyclic) bond motifs is 1. The maximum absolute atomic E-state index is 6.32. The fraction of sp³-hybridized carbons (Fsp3) is 0.438. The molecule has 21 heavy (non-hydrogen) atoms. The van der Waals surface area contributed by atoms with E-state index in [1.54, 1.807) is 0 Å². The third-order valence-corrected chi connectivity index (χ3v) is 4.53. The quantitative estimate of drug-likeness (QED) is 0.861. The predicted molar refractivity (Wildman–Crippen MR) is 84.8 cm³/mol. The summed E-state index contributed by atoms with van der Waals surface area (Å²) in [5.41, 5.74) is 7.27. The van der Waals surface area contributed by atoms with E-state index < -0.39 is 13.1 Å². The molecule has 0 unspecified atom stereocenters. The van der Waals surface area contributed by atoms with Crippen molar-refractivity contribution < 1.29 is 9.31 Å². The van der Waals surface area contributed by atoms with Gasteiger partial charge in [0.25, 0.3) is 0 Å². The van der Waals surface area contributed by atoms with Crippen LogP contribution in [-0.2, 0) is 9.31 Å². The van der Waals surface area contributed by atoms with Crippen molar-refractivity contribution in [2.75, 3.05) is 0 Å². The highest BCUT2D eigenvalue weighted by atomic mass is 16.7. The highest BCUT2D eigenvalue weighted by Crippen LogP contribution is 2.39. The number of para-hydroxylation sites is 1. The molecule has 1 aromatic heterocycles. The molecule has 1 saturated heterocycles. The van der Waals surface area contributed by atoms with Gasteiger partial charge in [0.1, 0.15) is 0 Å². The van der Waals surface area contributed by atoms with Gasteiger partial charge in [-0.25, -0.2) is 0 Å². The molecular formula is C16H21BN2O2. The molecule has 1 atom stereocenters. The van der Waals surface area contributed by atoms with Gasteiger partial charge in [0.05, 0.1) is 28.4 Å². The van der Waals surface area contributed by atoms with E-state index in [0.29, 0.717) is 0 Å². The van der Waals surface area contributed by atoms with E-state index >= 15 is 0 Å². The zero-order valence-corrected chi connectivity index (χ0v) is 13.0. The highest BCUT2D eigenvalue weighted by Gasteiger charge is 2.53. The van der Waals surface area contributed by atoms with Gasteiger partial charge >= 0.3 is 7.12 Å². The lowest BCUT2D eigenvalue weighted by atomic mass is 9.77. The summed E-state index contributed by atoms with van der Waals surface area (Å²) < 4.78 is 12.0. The maximum Gasteiger partial charge on any atom is 0.482 e. The van der Waals surface area contributed by atoms with Crippen molar-refractivity contribution in [2.24, 2.45) is 5.73 Å². The van der Waals surface area contributed by atoms with Crippen molar-refractivity contribution in [2.45, 2.75) is 44.8 Å². The Hall–Kier alpha value is -1.43. The van der Waals surface area contributed by atoms with E-state index in [2.05, 4.69) is 4.98 Å². The molecule has 0 radical (unpaired) electrons. The van der Waals surface area contributed by atoms with Crippen molar-refractivity contribution in [3.05, 3.63) is 42.1 Å². The normalized spacial score (nSPS) is 21.7. The molecule has 110 valence electrons. The molecule has 5 heteroatoms. The summed E-state index contributed by atoms with van der Waals surface area (Å²) >= 11 is 0. The van der Waals surface area contributed by atoms with Gasteiger partial charge in [-0.15, -0.1) is 0 Å². The third-order valence-electron chi connectivity index (χ3n) is 4.53. The van der Waals surface area contributed by atoms with Gasteiger partial charge in [-0.05, 0) is 39.8 Å². The first-order valence-electron chi connectivity index (χ1n) is 7.27. The summed E-state index contributed by atoms with van der Waals surface area (Å²) in [6.07, 6.45) is 0. The van der Waals surface area contributed by atoms with Gasteiger partial charge in [-0.1, -0.05) is 24.3 Å². The van der Waals surface area contributed by atoms with Gasteiger partial charge in [-0.2, -0.15) is 0 Å². The number of nitrogens with two attached hydrogens (primary N) is 1. The van der Waals surface area contributed by atoms with E-state index in [4.69, 9.17) is 15.0 Å². The fourth-order valence-corrected chi connectivity index (χ4v) is 2.44. The Bertz CT molecular complexity index is 656. The molecule has 2 aromatic rings. The van der Waals surface area contributed by atoms with Crippen LogP contribution in [0.25, 0.3) is 10.9 Å². The van der Waals surface area contributed by atoms with Crippen LogP contribution in [0, 0.1) is 0 Å². The Labute approximate surface area is 125 Å². The Morgan fingerprint density at radius 3 is 2.29 bits per heavy atom. The Balaban J connectivity index is 1.89. The summed E-state index contributed by atoms with van der Waals surface area (Å²) in [5.74, 6) is -0.407. The monoisotopic (exact) mass is 284 g/mol. The van der Waals surface area contributed by atoms with Gasteiger partial charge < -0.3 is 15.0 Å². The minimum Gasteiger partial charge on any atom is -0.402 e. The number of rotatable bonds is 2. The molecule has 0 spiro atoms. The predicted octanol–water partition coefficient (Wildman–Crippen LogP) is 2.87. The Kier molecular flexibility index (Phi) is 3.32. The largest absolute Gasteiger partial charge is 0.482 e. The lowest BCUT2D eigenvalue weighted by Crippen LogP contribution is -2.41. The van der Waals surface area contributed by atoms with Crippen LogP contribution in [0.1, 0.15) is 39.3 Å². The van der Waals surface area contributed by atoms with Crippen molar-refractivity contribution in [3.63, 3.8) is 0 Å². The summed E-state index contributed by atoms with van der Waals surface area (Å²) in [4.78, 5) is 4.63. The fourth-order valence-electron chi connectivity index (χ4n) is 2.44. The Morgan fingerprint density at radius 2 is 1.62 bits per heavy atom. The summed E-state index contributed by atoms with van der Waals surface area (Å²) in [6, 6.07) is 12.0. The molecule has 1 aliphatic heterocycles. The van der Waals surface area contributed by atoms with Crippen molar-refractivity contribution in [1.29, 1.82) is 0 Å². The van der Waals surface area contributed by atoms with Gasteiger partial charge in [0.2, 0.25) is 0 Å². The molecule has 0 aliphatic carbocycles. The van der Waals surface area contributed by atoms with E-state index in [9.17, 15) is 0 Å². The second-order valence-electron chi connectivity index (χ2n) is 6.58. The number of hydrogen-bond donors (Lipinski definition) is 1. The number of nitrogens with zero attached hydrogens (tertiary/aromatic N) is 1. The number of aromatic nitrogens is 1. The minimum absolute atomic E-state index is 0.383. The average Bonchev–Trinajstić information content (AvgIpc) is 2.66. The lowest BCUT2D eigenvalue weighted by molar-refractivity contribution is 0.00578. The van der Waals surface area contributed by atoms with Crippen molar-refractivity contribution in [1.82, 2.24) is 4.98 Å². The second-order valence-corrected chi connectivity index (χ2v) is 6.58. The van der Waals surface area contributed by atoms with Crippen LogP contribution in [-0.4, -0.2) is 23.3 Å². The minimum atomic E-state index is -0.483. The third kappa shape index (κ3) is 2.46. The molecule has 0 bridgehead atoms. The van der Waals surface area contributed by atoms with Crippen molar-refractivity contribution >= 4 is 18.0 Å². The first-order chi connectivity index (χ1) is 9.80. The molecule has 2 N–H and O–H groups in total. The smallest absolute Gasteiger partial charge is 0.402 e. The number of hydrogen-bond acceptors (Lipinski definition) is 4. The SMILES string of the molecule is CC1(C)OB([C@@H](N)c2ccc3ccccc3n2)OC1(C)C. The van der Waals surface area contributed by atoms with Crippen LogP contribution in [0.3, 0.4) is 0 Å². The molecule has 1 aromatic carbocycles.